The topological polar surface area (TPSA) is 92.0 Å². The first-order valence-electron chi connectivity index (χ1n) is 8.55. The van der Waals surface area contributed by atoms with Crippen molar-refractivity contribution in [3.63, 3.8) is 0 Å². The molecule has 0 aliphatic rings. The summed E-state index contributed by atoms with van der Waals surface area (Å²) in [6.07, 6.45) is 0. The van der Waals surface area contributed by atoms with Gasteiger partial charge in [0, 0.05) is 23.1 Å². The Morgan fingerprint density at radius 1 is 1.03 bits per heavy atom. The number of ether oxygens (including phenoxy) is 2. The summed E-state index contributed by atoms with van der Waals surface area (Å²) in [4.78, 5) is 15.6. The van der Waals surface area contributed by atoms with Crippen LogP contribution in [0.1, 0.15) is 10.5 Å². The van der Waals surface area contributed by atoms with Gasteiger partial charge in [-0.15, -0.1) is 0 Å². The fourth-order valence-electron chi connectivity index (χ4n) is 3.08. The molecule has 0 fully saturated rings. The Kier molecular flexibility index (Phi) is 4.63. The van der Waals surface area contributed by atoms with Gasteiger partial charge in [0.25, 0.3) is 5.91 Å². The number of hydrogen-bond acceptors (Lipinski definition) is 4. The van der Waals surface area contributed by atoms with E-state index < -0.39 is 17.5 Å². The lowest BCUT2D eigenvalue weighted by atomic mass is 10.1. The summed E-state index contributed by atoms with van der Waals surface area (Å²) in [5.74, 6) is -0.588. The molecule has 0 aliphatic heterocycles. The Morgan fingerprint density at radius 3 is 2.48 bits per heavy atom. The molecule has 0 unspecified atom stereocenters. The smallest absolute Gasteiger partial charge is 0.273 e. The number of halogens is 2. The molecule has 3 N–H and O–H groups in total. The fourth-order valence-corrected chi connectivity index (χ4v) is 3.08. The predicted octanol–water partition coefficient (Wildman–Crippen LogP) is 4.11. The van der Waals surface area contributed by atoms with Crippen molar-refractivity contribution in [3.8, 4) is 22.8 Å². The number of fused-ring (bicyclic) bond motifs is 1. The third kappa shape index (κ3) is 3.49. The van der Waals surface area contributed by atoms with Gasteiger partial charge in [0.15, 0.2) is 17.3 Å². The molecule has 9 heteroatoms. The van der Waals surface area contributed by atoms with Crippen LogP contribution in [0.25, 0.3) is 22.2 Å². The molecular weight excluding hydrogens is 382 g/mol. The number of nitrogens with zero attached hydrogens (tertiary/aromatic N) is 1. The second-order valence-electron chi connectivity index (χ2n) is 6.22. The Balaban J connectivity index is 1.59. The van der Waals surface area contributed by atoms with E-state index in [1.807, 2.05) is 0 Å². The molecule has 2 heterocycles. The van der Waals surface area contributed by atoms with Crippen molar-refractivity contribution >= 4 is 22.6 Å². The Morgan fingerprint density at radius 2 is 1.79 bits per heavy atom. The summed E-state index contributed by atoms with van der Waals surface area (Å²) in [5, 5.41) is 9.94. The van der Waals surface area contributed by atoms with Crippen LogP contribution in [0, 0.1) is 11.6 Å². The van der Waals surface area contributed by atoms with Crippen LogP contribution < -0.4 is 14.8 Å². The number of nitrogens with one attached hydrogen (secondary N) is 3. The van der Waals surface area contributed by atoms with Crippen molar-refractivity contribution in [3.05, 3.63) is 59.8 Å². The van der Waals surface area contributed by atoms with Gasteiger partial charge in [0.05, 0.1) is 25.4 Å². The molecule has 1 amide bonds. The molecular formula is C20H16F2N4O3. The first-order valence-corrected chi connectivity index (χ1v) is 8.55. The number of aromatic nitrogens is 3. The molecule has 0 spiro atoms. The number of benzene rings is 2. The van der Waals surface area contributed by atoms with Gasteiger partial charge in [0.2, 0.25) is 0 Å². The van der Waals surface area contributed by atoms with Crippen LogP contribution in [0.3, 0.4) is 0 Å². The molecule has 0 saturated carbocycles. The lowest BCUT2D eigenvalue weighted by molar-refractivity contribution is 0.102. The number of methoxy groups -OCH3 is 2. The van der Waals surface area contributed by atoms with E-state index >= 15 is 0 Å². The van der Waals surface area contributed by atoms with Gasteiger partial charge in [0.1, 0.15) is 17.3 Å². The third-order valence-corrected chi connectivity index (χ3v) is 4.38. The van der Waals surface area contributed by atoms with Crippen LogP contribution in [-0.4, -0.2) is 35.3 Å². The molecule has 2 aromatic carbocycles. The van der Waals surface area contributed by atoms with Crippen molar-refractivity contribution in [1.29, 1.82) is 0 Å². The predicted molar refractivity (Wildman–Crippen MR) is 103 cm³/mol. The number of carbonyl (C=O) groups is 1. The highest BCUT2D eigenvalue weighted by Crippen LogP contribution is 2.35. The van der Waals surface area contributed by atoms with Gasteiger partial charge in [-0.3, -0.25) is 9.89 Å². The zero-order valence-electron chi connectivity index (χ0n) is 15.5. The van der Waals surface area contributed by atoms with Gasteiger partial charge in [-0.1, -0.05) is 0 Å². The zero-order valence-corrected chi connectivity index (χ0v) is 15.5. The van der Waals surface area contributed by atoms with Crippen LogP contribution in [0.5, 0.6) is 11.5 Å². The molecule has 0 bridgehead atoms. The quantitative estimate of drug-likeness (QED) is 0.472. The van der Waals surface area contributed by atoms with Crippen molar-refractivity contribution in [2.24, 2.45) is 0 Å². The first kappa shape index (κ1) is 18.5. The van der Waals surface area contributed by atoms with Crippen LogP contribution in [0.15, 0.2) is 42.5 Å². The van der Waals surface area contributed by atoms with Crippen molar-refractivity contribution in [2.75, 3.05) is 19.5 Å². The second-order valence-corrected chi connectivity index (χ2v) is 6.22. The second kappa shape index (κ2) is 7.27. The Labute approximate surface area is 163 Å². The Hall–Kier alpha value is -3.88. The van der Waals surface area contributed by atoms with Gasteiger partial charge in [-0.25, -0.2) is 8.78 Å². The maximum Gasteiger partial charge on any atom is 0.273 e. The van der Waals surface area contributed by atoms with E-state index in [1.54, 1.807) is 18.2 Å². The number of carbonyl (C=O) groups excluding carboxylic acids is 1. The maximum atomic E-state index is 13.4. The van der Waals surface area contributed by atoms with E-state index in [2.05, 4.69) is 20.5 Å². The first-order chi connectivity index (χ1) is 14.0. The molecule has 0 radical (unpaired) electrons. The van der Waals surface area contributed by atoms with E-state index in [0.29, 0.717) is 28.1 Å². The van der Waals surface area contributed by atoms with Crippen LogP contribution >= 0.6 is 0 Å². The third-order valence-electron chi connectivity index (χ3n) is 4.38. The molecule has 2 aromatic heterocycles. The number of hydrogen-bond donors (Lipinski definition) is 3. The highest BCUT2D eigenvalue weighted by Gasteiger charge is 2.16. The largest absolute Gasteiger partial charge is 0.493 e. The van der Waals surface area contributed by atoms with Gasteiger partial charge in [-0.2, -0.15) is 5.10 Å². The fraction of sp³-hybridized carbons (Fsp3) is 0.100. The van der Waals surface area contributed by atoms with Crippen molar-refractivity contribution in [2.45, 2.75) is 0 Å². The summed E-state index contributed by atoms with van der Waals surface area (Å²) in [6.45, 7) is 0. The standard InChI is InChI=1S/C20H16F2N4O3/c1-28-17-4-3-14-13(19(17)29-2)8-16(23-14)20(27)24-18-9-15(25-26-18)10-5-11(21)7-12(22)6-10/h3-9,23H,1-2H3,(H2,24,25,26,27). The van der Waals surface area contributed by atoms with Gasteiger partial charge >= 0.3 is 0 Å². The molecule has 0 atom stereocenters. The highest BCUT2D eigenvalue weighted by atomic mass is 19.1. The number of anilines is 1. The number of H-pyrrole nitrogens is 2. The Bertz CT molecular complexity index is 1200. The van der Waals surface area contributed by atoms with E-state index in [1.165, 1.54) is 32.4 Å². The summed E-state index contributed by atoms with van der Waals surface area (Å²) in [5.41, 5.74) is 1.62. The number of aromatic amines is 2. The normalized spacial score (nSPS) is 10.9. The summed E-state index contributed by atoms with van der Waals surface area (Å²) < 4.78 is 37.4. The SMILES string of the molecule is COc1ccc2[nH]c(C(=O)Nc3cc(-c4cc(F)cc(F)c4)[nH]n3)cc2c1OC. The number of amides is 1. The molecule has 4 rings (SSSR count). The summed E-state index contributed by atoms with van der Waals surface area (Å²) >= 11 is 0. The molecule has 4 aromatic rings. The minimum atomic E-state index is -0.706. The highest BCUT2D eigenvalue weighted by molar-refractivity contribution is 6.06. The lowest BCUT2D eigenvalue weighted by Gasteiger charge is -2.07. The maximum absolute atomic E-state index is 13.4. The lowest BCUT2D eigenvalue weighted by Crippen LogP contribution is -2.12. The van der Waals surface area contributed by atoms with E-state index in [0.717, 1.165) is 6.07 Å². The summed E-state index contributed by atoms with van der Waals surface area (Å²) in [7, 11) is 3.05. The minimum Gasteiger partial charge on any atom is -0.493 e. The van der Waals surface area contributed by atoms with E-state index in [-0.39, 0.29) is 17.1 Å². The van der Waals surface area contributed by atoms with E-state index in [4.69, 9.17) is 9.47 Å². The molecule has 148 valence electrons. The van der Waals surface area contributed by atoms with Crippen LogP contribution in [0.2, 0.25) is 0 Å². The van der Waals surface area contributed by atoms with Gasteiger partial charge in [-0.05, 0) is 30.3 Å². The average molecular weight is 398 g/mol. The van der Waals surface area contributed by atoms with Gasteiger partial charge < -0.3 is 19.8 Å². The minimum absolute atomic E-state index is 0.206. The zero-order chi connectivity index (χ0) is 20.5. The molecule has 7 nitrogen and oxygen atoms in total. The van der Waals surface area contributed by atoms with E-state index in [9.17, 15) is 13.6 Å². The summed E-state index contributed by atoms with van der Waals surface area (Å²) in [6, 6.07) is 9.75. The average Bonchev–Trinajstić information content (AvgIpc) is 3.33. The molecule has 0 saturated heterocycles. The molecule has 29 heavy (non-hydrogen) atoms. The number of rotatable bonds is 5. The van der Waals surface area contributed by atoms with Crippen molar-refractivity contribution in [1.82, 2.24) is 15.2 Å². The van der Waals surface area contributed by atoms with Crippen molar-refractivity contribution < 1.29 is 23.0 Å². The van der Waals surface area contributed by atoms with Crippen LogP contribution in [0.4, 0.5) is 14.6 Å². The molecule has 0 aliphatic carbocycles. The van der Waals surface area contributed by atoms with Crippen LogP contribution in [-0.2, 0) is 0 Å². The monoisotopic (exact) mass is 398 g/mol.